The molecule has 0 aliphatic carbocycles. The highest BCUT2D eigenvalue weighted by Gasteiger charge is 2.15. The number of hydrogen-bond acceptors (Lipinski definition) is 3. The predicted molar refractivity (Wildman–Crippen MR) is 119 cm³/mol. The maximum absolute atomic E-state index is 5.98. The van der Waals surface area contributed by atoms with Gasteiger partial charge in [0.1, 0.15) is 11.9 Å². The molecule has 26 heavy (non-hydrogen) atoms. The molecular formula is C20H34IN3O2. The minimum atomic E-state index is 0. The number of nitrogens with one attached hydrogen (secondary N) is 1. The van der Waals surface area contributed by atoms with E-state index in [-0.39, 0.29) is 30.1 Å². The summed E-state index contributed by atoms with van der Waals surface area (Å²) >= 11 is 0. The molecule has 1 unspecified atom stereocenters. The smallest absolute Gasteiger partial charge is 0.193 e. The maximum atomic E-state index is 5.98. The first-order valence-electron chi connectivity index (χ1n) is 9.31. The van der Waals surface area contributed by atoms with Crippen molar-refractivity contribution < 1.29 is 9.47 Å². The van der Waals surface area contributed by atoms with Gasteiger partial charge in [-0.1, -0.05) is 12.1 Å². The number of hydrogen-bond donors (Lipinski definition) is 1. The highest BCUT2D eigenvalue weighted by atomic mass is 127. The van der Waals surface area contributed by atoms with Crippen LogP contribution in [-0.2, 0) is 4.74 Å². The molecule has 1 saturated heterocycles. The predicted octanol–water partition coefficient (Wildman–Crippen LogP) is 3.70. The molecule has 5 nitrogen and oxygen atoms in total. The molecule has 0 saturated carbocycles. The van der Waals surface area contributed by atoms with Crippen LogP contribution in [0, 0.1) is 12.8 Å². The van der Waals surface area contributed by atoms with E-state index < -0.39 is 0 Å². The zero-order chi connectivity index (χ0) is 18.1. The second-order valence-electron chi connectivity index (χ2n) is 6.94. The maximum Gasteiger partial charge on any atom is 0.193 e. The second kappa shape index (κ2) is 12.4. The van der Waals surface area contributed by atoms with E-state index in [0.29, 0.717) is 0 Å². The standard InChI is InChI=1S/C20H33N3O2.HI/c1-16-6-5-7-19(14-16)25-17(2)15-22-20(21-3)23(4)11-8-18-9-12-24-13-10-18;/h5-7,14,17-18H,8-13,15H2,1-4H3,(H,21,22);1H. The third-order valence-corrected chi connectivity index (χ3v) is 4.66. The van der Waals surface area contributed by atoms with Crippen LogP contribution in [-0.4, -0.2) is 57.4 Å². The highest BCUT2D eigenvalue weighted by molar-refractivity contribution is 14.0. The highest BCUT2D eigenvalue weighted by Crippen LogP contribution is 2.18. The van der Waals surface area contributed by atoms with Crippen molar-refractivity contribution in [3.63, 3.8) is 0 Å². The Balaban J connectivity index is 0.00000338. The second-order valence-corrected chi connectivity index (χ2v) is 6.94. The Kier molecular flexibility index (Phi) is 11.0. The van der Waals surface area contributed by atoms with E-state index in [2.05, 4.69) is 48.2 Å². The Morgan fingerprint density at radius 1 is 1.38 bits per heavy atom. The minimum Gasteiger partial charge on any atom is -0.489 e. The molecule has 1 heterocycles. The summed E-state index contributed by atoms with van der Waals surface area (Å²) in [7, 11) is 3.93. The van der Waals surface area contributed by atoms with Gasteiger partial charge in [-0.05, 0) is 56.7 Å². The van der Waals surface area contributed by atoms with Gasteiger partial charge in [0.15, 0.2) is 5.96 Å². The van der Waals surface area contributed by atoms with Crippen LogP contribution >= 0.6 is 24.0 Å². The molecule has 1 aliphatic heterocycles. The lowest BCUT2D eigenvalue weighted by Crippen LogP contribution is -2.43. The van der Waals surface area contributed by atoms with Gasteiger partial charge >= 0.3 is 0 Å². The fourth-order valence-electron chi connectivity index (χ4n) is 3.10. The molecule has 1 aliphatic rings. The molecule has 1 atom stereocenters. The molecule has 0 spiro atoms. The van der Waals surface area contributed by atoms with Gasteiger partial charge in [0.2, 0.25) is 0 Å². The van der Waals surface area contributed by atoms with Gasteiger partial charge in [-0.2, -0.15) is 0 Å². The molecule has 1 aromatic rings. The summed E-state index contributed by atoms with van der Waals surface area (Å²) in [4.78, 5) is 6.60. The Morgan fingerprint density at radius 3 is 2.77 bits per heavy atom. The van der Waals surface area contributed by atoms with E-state index in [9.17, 15) is 0 Å². The summed E-state index contributed by atoms with van der Waals surface area (Å²) in [6.45, 7) is 7.71. The van der Waals surface area contributed by atoms with E-state index in [1.807, 2.05) is 19.2 Å². The summed E-state index contributed by atoms with van der Waals surface area (Å²) in [5.41, 5.74) is 1.21. The number of aliphatic imine (C=N–C) groups is 1. The topological polar surface area (TPSA) is 46.1 Å². The van der Waals surface area contributed by atoms with Crippen LogP contribution in [0.2, 0.25) is 0 Å². The molecule has 148 valence electrons. The number of halogens is 1. The molecule has 0 radical (unpaired) electrons. The molecule has 2 rings (SSSR count). The Hall–Kier alpha value is -1.02. The lowest BCUT2D eigenvalue weighted by molar-refractivity contribution is 0.0625. The first-order chi connectivity index (χ1) is 12.1. The summed E-state index contributed by atoms with van der Waals surface area (Å²) in [6.07, 6.45) is 3.63. The van der Waals surface area contributed by atoms with Gasteiger partial charge in [0.25, 0.3) is 0 Å². The molecule has 6 heteroatoms. The van der Waals surface area contributed by atoms with E-state index >= 15 is 0 Å². The first kappa shape index (κ1) is 23.0. The molecular weight excluding hydrogens is 441 g/mol. The van der Waals surface area contributed by atoms with Gasteiger partial charge in [0.05, 0.1) is 6.54 Å². The molecule has 1 N–H and O–H groups in total. The van der Waals surface area contributed by atoms with E-state index in [1.54, 1.807) is 0 Å². The van der Waals surface area contributed by atoms with E-state index in [1.165, 1.54) is 24.8 Å². The van der Waals surface area contributed by atoms with Crippen LogP contribution < -0.4 is 10.1 Å². The zero-order valence-corrected chi connectivity index (χ0v) is 18.9. The van der Waals surface area contributed by atoms with Crippen molar-refractivity contribution in [2.45, 2.75) is 39.2 Å². The average molecular weight is 475 g/mol. The SMILES string of the molecule is CN=C(NCC(C)Oc1cccc(C)c1)N(C)CCC1CCOCC1.I. The summed E-state index contributed by atoms with van der Waals surface area (Å²) in [6, 6.07) is 8.16. The average Bonchev–Trinajstić information content (AvgIpc) is 2.61. The van der Waals surface area contributed by atoms with Crippen LogP contribution in [0.1, 0.15) is 31.7 Å². The number of guanidine groups is 1. The monoisotopic (exact) mass is 475 g/mol. The lowest BCUT2D eigenvalue weighted by Gasteiger charge is -2.27. The third kappa shape index (κ3) is 8.12. The molecule has 1 fully saturated rings. The number of ether oxygens (including phenoxy) is 2. The van der Waals surface area contributed by atoms with Crippen molar-refractivity contribution in [3.05, 3.63) is 29.8 Å². The largest absolute Gasteiger partial charge is 0.489 e. The normalized spacial score (nSPS) is 16.5. The van der Waals surface area contributed by atoms with Gasteiger partial charge in [-0.15, -0.1) is 24.0 Å². The van der Waals surface area contributed by atoms with Crippen LogP contribution in [0.3, 0.4) is 0 Å². The van der Waals surface area contributed by atoms with Gasteiger partial charge in [-0.25, -0.2) is 0 Å². The quantitative estimate of drug-likeness (QED) is 0.371. The fourth-order valence-corrected chi connectivity index (χ4v) is 3.10. The summed E-state index contributed by atoms with van der Waals surface area (Å²) < 4.78 is 11.4. The summed E-state index contributed by atoms with van der Waals surface area (Å²) in [5, 5.41) is 3.42. The Morgan fingerprint density at radius 2 is 2.12 bits per heavy atom. The van der Waals surface area contributed by atoms with Crippen molar-refractivity contribution >= 4 is 29.9 Å². The lowest BCUT2D eigenvalue weighted by atomic mass is 9.96. The van der Waals surface area contributed by atoms with Crippen molar-refractivity contribution in [3.8, 4) is 5.75 Å². The van der Waals surface area contributed by atoms with Gasteiger partial charge in [-0.3, -0.25) is 4.99 Å². The van der Waals surface area contributed by atoms with Gasteiger partial charge in [0, 0.05) is 33.9 Å². The van der Waals surface area contributed by atoms with Gasteiger partial charge < -0.3 is 19.7 Å². The zero-order valence-electron chi connectivity index (χ0n) is 16.5. The Labute approximate surface area is 175 Å². The van der Waals surface area contributed by atoms with Crippen molar-refractivity contribution in [2.75, 3.05) is 40.4 Å². The van der Waals surface area contributed by atoms with Crippen molar-refractivity contribution in [2.24, 2.45) is 10.9 Å². The molecule has 1 aromatic carbocycles. The minimum absolute atomic E-state index is 0. The van der Waals surface area contributed by atoms with Crippen molar-refractivity contribution in [1.29, 1.82) is 0 Å². The number of nitrogens with zero attached hydrogens (tertiary/aromatic N) is 2. The molecule has 0 amide bonds. The summed E-state index contributed by atoms with van der Waals surface area (Å²) in [5.74, 6) is 2.61. The van der Waals surface area contributed by atoms with E-state index in [0.717, 1.165) is 43.9 Å². The van der Waals surface area contributed by atoms with E-state index in [4.69, 9.17) is 9.47 Å². The van der Waals surface area contributed by atoms with Crippen LogP contribution in [0.15, 0.2) is 29.3 Å². The number of rotatable bonds is 7. The van der Waals surface area contributed by atoms with Crippen molar-refractivity contribution in [1.82, 2.24) is 10.2 Å². The van der Waals surface area contributed by atoms with Crippen LogP contribution in [0.4, 0.5) is 0 Å². The number of benzene rings is 1. The first-order valence-corrected chi connectivity index (χ1v) is 9.31. The van der Waals surface area contributed by atoms with Crippen LogP contribution in [0.25, 0.3) is 0 Å². The Bertz CT molecular complexity index is 548. The number of aryl methyl sites for hydroxylation is 1. The molecule has 0 aromatic heterocycles. The third-order valence-electron chi connectivity index (χ3n) is 4.66. The van der Waals surface area contributed by atoms with Crippen LogP contribution in [0.5, 0.6) is 5.75 Å². The fraction of sp³-hybridized carbons (Fsp3) is 0.650. The molecule has 0 bridgehead atoms.